The molecule has 0 aliphatic rings. The fraction of sp³-hybridized carbons (Fsp3) is 0.250. The average molecular weight is 359 g/mol. The Bertz CT molecular complexity index is 777. The topological polar surface area (TPSA) is 65.7 Å². The van der Waals surface area contributed by atoms with Gasteiger partial charge in [0.1, 0.15) is 11.6 Å². The third-order valence-corrected chi connectivity index (χ3v) is 4.86. The maximum absolute atomic E-state index is 5.23. The largest absolute Gasteiger partial charge is 0.497 e. The van der Waals surface area contributed by atoms with Gasteiger partial charge in [-0.1, -0.05) is 30.4 Å². The highest BCUT2D eigenvalue weighted by Gasteiger charge is 2.15. The maximum Gasteiger partial charge on any atom is 0.195 e. The second-order valence-electron chi connectivity index (χ2n) is 4.69. The first kappa shape index (κ1) is 16.8. The summed E-state index contributed by atoms with van der Waals surface area (Å²) in [6, 6.07) is 9.70. The van der Waals surface area contributed by atoms with Crippen molar-refractivity contribution in [3.8, 4) is 11.4 Å². The van der Waals surface area contributed by atoms with Gasteiger partial charge in [0.2, 0.25) is 0 Å². The summed E-state index contributed by atoms with van der Waals surface area (Å²) < 4.78 is 7.31. The van der Waals surface area contributed by atoms with Crippen molar-refractivity contribution in [2.75, 3.05) is 12.9 Å². The maximum atomic E-state index is 5.23. The molecule has 124 valence electrons. The van der Waals surface area contributed by atoms with E-state index in [9.17, 15) is 0 Å². The first-order chi connectivity index (χ1) is 11.8. The van der Waals surface area contributed by atoms with E-state index in [4.69, 9.17) is 4.74 Å². The molecule has 0 unspecified atom stereocenters. The molecule has 0 fully saturated rings. The van der Waals surface area contributed by atoms with Crippen molar-refractivity contribution in [1.82, 2.24) is 24.7 Å². The van der Waals surface area contributed by atoms with E-state index in [1.165, 1.54) is 0 Å². The molecule has 24 heavy (non-hydrogen) atoms. The van der Waals surface area contributed by atoms with Crippen molar-refractivity contribution in [3.63, 3.8) is 0 Å². The molecule has 0 bridgehead atoms. The zero-order valence-corrected chi connectivity index (χ0v) is 15.0. The van der Waals surface area contributed by atoms with E-state index in [2.05, 4.69) is 31.7 Å². The number of hydrogen-bond donors (Lipinski definition) is 0. The molecule has 0 saturated carbocycles. The van der Waals surface area contributed by atoms with Crippen molar-refractivity contribution >= 4 is 23.5 Å². The van der Waals surface area contributed by atoms with Gasteiger partial charge in [0.05, 0.1) is 12.9 Å². The van der Waals surface area contributed by atoms with Crippen molar-refractivity contribution in [2.24, 2.45) is 0 Å². The minimum absolute atomic E-state index is 0.646. The highest BCUT2D eigenvalue weighted by Crippen LogP contribution is 2.26. The van der Waals surface area contributed by atoms with Gasteiger partial charge in [0, 0.05) is 18.1 Å². The van der Waals surface area contributed by atoms with Gasteiger partial charge in [-0.25, -0.2) is 9.97 Å². The number of thioether (sulfide) groups is 2. The normalized spacial score (nSPS) is 10.8. The Hall–Kier alpha value is -2.06. The summed E-state index contributed by atoms with van der Waals surface area (Å²) in [5.41, 5.74) is 1.02. The zero-order chi connectivity index (χ0) is 16.8. The van der Waals surface area contributed by atoms with Crippen LogP contribution in [0.2, 0.25) is 0 Å². The molecule has 1 aromatic carbocycles. The minimum atomic E-state index is 0.646. The summed E-state index contributed by atoms with van der Waals surface area (Å²) in [5, 5.41) is 10.3. The molecule has 0 aliphatic carbocycles. The molecule has 0 saturated heterocycles. The lowest BCUT2D eigenvalue weighted by Gasteiger charge is -2.10. The molecule has 8 heteroatoms. The van der Waals surface area contributed by atoms with E-state index >= 15 is 0 Å². The summed E-state index contributed by atoms with van der Waals surface area (Å²) in [6.07, 6.45) is 3.48. The highest BCUT2D eigenvalue weighted by atomic mass is 32.2. The predicted molar refractivity (Wildman–Crippen MR) is 95.9 cm³/mol. The lowest BCUT2D eigenvalue weighted by Crippen LogP contribution is -2.02. The first-order valence-electron chi connectivity index (χ1n) is 7.43. The number of benzene rings is 1. The Morgan fingerprint density at radius 3 is 2.46 bits per heavy atom. The van der Waals surface area contributed by atoms with Gasteiger partial charge in [-0.2, -0.15) is 0 Å². The van der Waals surface area contributed by atoms with Crippen LogP contribution in [0.25, 0.3) is 5.69 Å². The Labute approximate surface area is 149 Å². The predicted octanol–water partition coefficient (Wildman–Crippen LogP) is 3.47. The van der Waals surface area contributed by atoms with Crippen LogP contribution in [0, 0.1) is 0 Å². The Kier molecular flexibility index (Phi) is 5.71. The number of hydrogen-bond acceptors (Lipinski definition) is 7. The average Bonchev–Trinajstić information content (AvgIpc) is 3.04. The number of nitrogens with zero attached hydrogens (tertiary/aromatic N) is 5. The van der Waals surface area contributed by atoms with Crippen molar-refractivity contribution < 1.29 is 4.74 Å². The Morgan fingerprint density at radius 1 is 1.04 bits per heavy atom. The van der Waals surface area contributed by atoms with Crippen LogP contribution in [-0.2, 0) is 5.75 Å². The van der Waals surface area contributed by atoms with Crippen molar-refractivity contribution in [1.29, 1.82) is 0 Å². The van der Waals surface area contributed by atoms with Crippen LogP contribution >= 0.6 is 23.5 Å². The van der Waals surface area contributed by atoms with E-state index < -0.39 is 0 Å². The molecule has 0 radical (unpaired) electrons. The molecule has 0 atom stereocenters. The van der Waals surface area contributed by atoms with Crippen LogP contribution < -0.4 is 4.74 Å². The molecule has 3 aromatic rings. The molecule has 2 heterocycles. The fourth-order valence-electron chi connectivity index (χ4n) is 2.10. The molecule has 0 spiro atoms. The van der Waals surface area contributed by atoms with Gasteiger partial charge in [-0.15, -0.1) is 10.2 Å². The highest BCUT2D eigenvalue weighted by molar-refractivity contribution is 7.99. The standard InChI is InChI=1S/C16H17N5OS2/c1-3-23-16-20-19-14(11-24-15-17-9-4-10-18-15)21(16)12-5-7-13(22-2)8-6-12/h4-10H,3,11H2,1-2H3. The van der Waals surface area contributed by atoms with Crippen LogP contribution in [-0.4, -0.2) is 37.6 Å². The third-order valence-electron chi connectivity index (χ3n) is 3.18. The summed E-state index contributed by atoms with van der Waals surface area (Å²) in [7, 11) is 1.66. The summed E-state index contributed by atoms with van der Waals surface area (Å²) >= 11 is 3.21. The molecule has 2 aromatic heterocycles. The lowest BCUT2D eigenvalue weighted by atomic mass is 10.3. The van der Waals surface area contributed by atoms with Gasteiger partial charge in [-0.3, -0.25) is 4.57 Å². The van der Waals surface area contributed by atoms with Crippen LogP contribution in [0.1, 0.15) is 12.7 Å². The van der Waals surface area contributed by atoms with E-state index in [0.717, 1.165) is 33.3 Å². The summed E-state index contributed by atoms with van der Waals surface area (Å²) in [6.45, 7) is 2.10. The SMILES string of the molecule is CCSc1nnc(CSc2ncccn2)n1-c1ccc(OC)cc1. The van der Waals surface area contributed by atoms with Crippen molar-refractivity contribution in [3.05, 3.63) is 48.5 Å². The van der Waals surface area contributed by atoms with Gasteiger partial charge in [0.15, 0.2) is 10.3 Å². The molecule has 6 nitrogen and oxygen atoms in total. The Balaban J connectivity index is 1.88. The second kappa shape index (κ2) is 8.16. The summed E-state index contributed by atoms with van der Waals surface area (Å²) in [5.74, 6) is 3.27. The van der Waals surface area contributed by atoms with Gasteiger partial charge < -0.3 is 4.74 Å². The Morgan fingerprint density at radius 2 is 1.79 bits per heavy atom. The quantitative estimate of drug-likeness (QED) is 0.473. The first-order valence-corrected chi connectivity index (χ1v) is 9.40. The van der Waals surface area contributed by atoms with Gasteiger partial charge in [-0.05, 0) is 36.1 Å². The molecule has 0 aliphatic heterocycles. The van der Waals surface area contributed by atoms with E-state index in [0.29, 0.717) is 5.75 Å². The van der Waals surface area contributed by atoms with E-state index in [1.807, 2.05) is 24.3 Å². The third kappa shape index (κ3) is 3.88. The molecular weight excluding hydrogens is 342 g/mol. The smallest absolute Gasteiger partial charge is 0.195 e. The van der Waals surface area contributed by atoms with Crippen LogP contribution in [0.3, 0.4) is 0 Å². The minimum Gasteiger partial charge on any atom is -0.497 e. The molecule has 3 rings (SSSR count). The van der Waals surface area contributed by atoms with Crippen LogP contribution in [0.15, 0.2) is 53.0 Å². The summed E-state index contributed by atoms with van der Waals surface area (Å²) in [4.78, 5) is 8.47. The molecule has 0 N–H and O–H groups in total. The van der Waals surface area contributed by atoms with Crippen LogP contribution in [0.5, 0.6) is 5.75 Å². The number of aromatic nitrogens is 5. The monoisotopic (exact) mass is 359 g/mol. The second-order valence-corrected chi connectivity index (χ2v) is 6.86. The van der Waals surface area contributed by atoms with E-state index in [1.54, 1.807) is 49.1 Å². The number of methoxy groups -OCH3 is 1. The zero-order valence-electron chi connectivity index (χ0n) is 13.4. The fourth-order valence-corrected chi connectivity index (χ4v) is 3.51. The lowest BCUT2D eigenvalue weighted by molar-refractivity contribution is 0.414. The van der Waals surface area contributed by atoms with Gasteiger partial charge in [0.25, 0.3) is 0 Å². The van der Waals surface area contributed by atoms with Gasteiger partial charge >= 0.3 is 0 Å². The van der Waals surface area contributed by atoms with E-state index in [-0.39, 0.29) is 0 Å². The molecule has 0 amide bonds. The van der Waals surface area contributed by atoms with Crippen LogP contribution in [0.4, 0.5) is 0 Å². The number of ether oxygens (including phenoxy) is 1. The molecular formula is C16H17N5OS2. The van der Waals surface area contributed by atoms with Crippen molar-refractivity contribution in [2.45, 2.75) is 23.0 Å². The number of rotatable bonds is 7.